The summed E-state index contributed by atoms with van der Waals surface area (Å²) in [6.07, 6.45) is 2.64. The predicted octanol–water partition coefficient (Wildman–Crippen LogP) is 5.83. The number of anilines is 2. The molecule has 2 atom stereocenters. The summed E-state index contributed by atoms with van der Waals surface area (Å²) in [6.45, 7) is 0. The maximum atomic E-state index is 13.5. The number of hydrogen-bond donors (Lipinski definition) is 2. The van der Waals surface area contributed by atoms with Gasteiger partial charge in [0.2, 0.25) is 0 Å². The average molecular weight is 441 g/mol. The number of rotatable bonds is 2. The number of allylic oxidation sites excluding steroid dienone is 1. The predicted molar refractivity (Wildman–Crippen MR) is 127 cm³/mol. The van der Waals surface area contributed by atoms with Gasteiger partial charge in [0.1, 0.15) is 11.8 Å². The van der Waals surface area contributed by atoms with Crippen molar-refractivity contribution in [2.45, 2.75) is 24.8 Å². The number of hydrogen-bond acceptors (Lipinski definition) is 6. The summed E-state index contributed by atoms with van der Waals surface area (Å²) in [7, 11) is 0. The van der Waals surface area contributed by atoms with Crippen LogP contribution in [0.15, 0.2) is 92.8 Å². The van der Waals surface area contributed by atoms with Crippen molar-refractivity contribution in [2.75, 3.05) is 10.6 Å². The second-order valence-electron chi connectivity index (χ2n) is 8.20. The van der Waals surface area contributed by atoms with E-state index in [1.54, 1.807) is 23.5 Å². The van der Waals surface area contributed by atoms with Crippen molar-refractivity contribution in [3.05, 3.63) is 104 Å². The standard InChI is InChI=1S/C26H20N2O3S/c29-21-13-15(23-10-5-11-32-23)12-20-24(21)25(28-19-8-3-2-7-18(19)27-20)17-14-31-22-9-4-1-6-16(22)26(17)30/h1-11,14-15,25,27-28H,12-13H2/t15-,25+/m0/s1. The molecule has 6 rings (SSSR count). The van der Waals surface area contributed by atoms with Gasteiger partial charge in [0.15, 0.2) is 11.2 Å². The molecule has 0 saturated carbocycles. The molecule has 0 bridgehead atoms. The Bertz CT molecular complexity index is 1430. The molecule has 2 aliphatic rings. The molecule has 1 aliphatic carbocycles. The first-order chi connectivity index (χ1) is 15.7. The van der Waals surface area contributed by atoms with E-state index in [-0.39, 0.29) is 17.1 Å². The maximum Gasteiger partial charge on any atom is 0.198 e. The molecule has 0 amide bonds. The molecular formula is C26H20N2O3S. The first kappa shape index (κ1) is 19.1. The normalized spacial score (nSPS) is 20.2. The van der Waals surface area contributed by atoms with Crippen LogP contribution in [0.2, 0.25) is 0 Å². The molecule has 2 aromatic heterocycles. The van der Waals surface area contributed by atoms with Crippen molar-refractivity contribution < 1.29 is 9.21 Å². The summed E-state index contributed by atoms with van der Waals surface area (Å²) in [5.41, 5.74) is 4.09. The van der Waals surface area contributed by atoms with Gasteiger partial charge in [0.05, 0.1) is 28.4 Å². The minimum Gasteiger partial charge on any atom is -0.464 e. The molecule has 0 radical (unpaired) electrons. The van der Waals surface area contributed by atoms with Crippen molar-refractivity contribution >= 4 is 39.5 Å². The van der Waals surface area contributed by atoms with E-state index in [4.69, 9.17) is 4.42 Å². The molecule has 4 aromatic rings. The van der Waals surface area contributed by atoms with Crippen LogP contribution in [0.5, 0.6) is 0 Å². The number of nitrogens with one attached hydrogen (secondary N) is 2. The first-order valence-corrected chi connectivity index (χ1v) is 11.5. The molecule has 0 unspecified atom stereocenters. The fourth-order valence-electron chi connectivity index (χ4n) is 4.74. The second-order valence-corrected chi connectivity index (χ2v) is 9.18. The highest BCUT2D eigenvalue weighted by atomic mass is 32.1. The van der Waals surface area contributed by atoms with Crippen LogP contribution in [0, 0.1) is 0 Å². The Morgan fingerprint density at radius 3 is 2.56 bits per heavy atom. The van der Waals surface area contributed by atoms with Crippen LogP contribution in [0.3, 0.4) is 0 Å². The van der Waals surface area contributed by atoms with Gasteiger partial charge in [-0.3, -0.25) is 9.59 Å². The van der Waals surface area contributed by atoms with Crippen molar-refractivity contribution in [1.82, 2.24) is 0 Å². The highest BCUT2D eigenvalue weighted by molar-refractivity contribution is 7.10. The van der Waals surface area contributed by atoms with Crippen LogP contribution in [-0.4, -0.2) is 5.78 Å². The van der Waals surface area contributed by atoms with Crippen LogP contribution in [-0.2, 0) is 4.79 Å². The van der Waals surface area contributed by atoms with Crippen molar-refractivity contribution in [3.8, 4) is 0 Å². The van der Waals surface area contributed by atoms with Gasteiger partial charge in [-0.1, -0.05) is 30.3 Å². The van der Waals surface area contributed by atoms with Gasteiger partial charge < -0.3 is 15.1 Å². The molecule has 5 nitrogen and oxygen atoms in total. The van der Waals surface area contributed by atoms with E-state index >= 15 is 0 Å². The SMILES string of the molecule is O=C1C[C@@H](c2cccs2)CC2=C1[C@@H](c1coc3ccccc3c1=O)Nc1ccccc1N2. The second kappa shape index (κ2) is 7.50. The quantitative estimate of drug-likeness (QED) is 0.410. The number of fused-ring (bicyclic) bond motifs is 2. The van der Waals surface area contributed by atoms with E-state index < -0.39 is 6.04 Å². The lowest BCUT2D eigenvalue weighted by Gasteiger charge is -2.28. The molecule has 0 saturated heterocycles. The molecular weight excluding hydrogens is 420 g/mol. The molecule has 0 fully saturated rings. The number of carbonyl (C=O) groups is 1. The molecule has 2 aromatic carbocycles. The number of ketones is 1. The molecule has 3 heterocycles. The minimum absolute atomic E-state index is 0.0509. The average Bonchev–Trinajstić information content (AvgIpc) is 3.29. The van der Waals surface area contributed by atoms with Crippen LogP contribution >= 0.6 is 11.3 Å². The summed E-state index contributed by atoms with van der Waals surface area (Å²) in [5.74, 6) is 0.183. The van der Waals surface area contributed by atoms with Crippen LogP contribution in [0.1, 0.15) is 35.2 Å². The number of Topliss-reactive ketones (excluding diaryl/α,β-unsaturated/α-hetero) is 1. The van der Waals surface area contributed by atoms with Gasteiger partial charge in [0.25, 0.3) is 0 Å². The topological polar surface area (TPSA) is 71.3 Å². The van der Waals surface area contributed by atoms with Crippen LogP contribution < -0.4 is 16.1 Å². The van der Waals surface area contributed by atoms with Crippen molar-refractivity contribution in [2.24, 2.45) is 0 Å². The smallest absolute Gasteiger partial charge is 0.198 e. The lowest BCUT2D eigenvalue weighted by Crippen LogP contribution is -2.29. The minimum atomic E-state index is -0.584. The third kappa shape index (κ3) is 3.07. The zero-order valence-corrected chi connectivity index (χ0v) is 17.9. The summed E-state index contributed by atoms with van der Waals surface area (Å²) >= 11 is 1.68. The van der Waals surface area contributed by atoms with Crippen LogP contribution in [0.25, 0.3) is 11.0 Å². The third-order valence-electron chi connectivity index (χ3n) is 6.27. The monoisotopic (exact) mass is 440 g/mol. The Morgan fingerprint density at radius 1 is 0.906 bits per heavy atom. The van der Waals surface area contributed by atoms with Crippen molar-refractivity contribution in [1.29, 1.82) is 0 Å². The van der Waals surface area contributed by atoms with E-state index in [2.05, 4.69) is 16.7 Å². The van der Waals surface area contributed by atoms with Crippen molar-refractivity contribution in [3.63, 3.8) is 0 Å². The van der Waals surface area contributed by atoms with E-state index in [1.807, 2.05) is 47.8 Å². The Balaban J connectivity index is 1.54. The highest BCUT2D eigenvalue weighted by Gasteiger charge is 2.37. The van der Waals surface area contributed by atoms with Gasteiger partial charge in [-0.2, -0.15) is 0 Å². The van der Waals surface area contributed by atoms with Gasteiger partial charge in [-0.05, 0) is 42.1 Å². The van der Waals surface area contributed by atoms with E-state index in [1.165, 1.54) is 11.1 Å². The molecule has 1 aliphatic heterocycles. The van der Waals surface area contributed by atoms with Gasteiger partial charge >= 0.3 is 0 Å². The first-order valence-electron chi connectivity index (χ1n) is 10.6. The lowest BCUT2D eigenvalue weighted by atomic mass is 9.81. The lowest BCUT2D eigenvalue weighted by molar-refractivity contribution is -0.116. The summed E-state index contributed by atoms with van der Waals surface area (Å²) in [6, 6.07) is 18.6. The summed E-state index contributed by atoms with van der Waals surface area (Å²) < 4.78 is 5.81. The molecule has 2 N–H and O–H groups in total. The molecule has 32 heavy (non-hydrogen) atoms. The van der Waals surface area contributed by atoms with E-state index in [9.17, 15) is 9.59 Å². The fraction of sp³-hybridized carbons (Fsp3) is 0.154. The molecule has 0 spiro atoms. The Kier molecular flexibility index (Phi) is 4.47. The number of para-hydroxylation sites is 3. The zero-order valence-electron chi connectivity index (χ0n) is 17.1. The summed E-state index contributed by atoms with van der Waals surface area (Å²) in [5, 5.41) is 9.53. The van der Waals surface area contributed by atoms with E-state index in [0.29, 0.717) is 34.9 Å². The van der Waals surface area contributed by atoms with Gasteiger partial charge in [-0.25, -0.2) is 0 Å². The maximum absolute atomic E-state index is 13.5. The largest absolute Gasteiger partial charge is 0.464 e. The van der Waals surface area contributed by atoms with Gasteiger partial charge in [0, 0.05) is 28.5 Å². The third-order valence-corrected chi connectivity index (χ3v) is 7.31. The fourth-order valence-corrected chi connectivity index (χ4v) is 5.57. The molecule has 158 valence electrons. The summed E-state index contributed by atoms with van der Waals surface area (Å²) in [4.78, 5) is 28.2. The molecule has 6 heteroatoms. The zero-order chi connectivity index (χ0) is 21.7. The van der Waals surface area contributed by atoms with E-state index in [0.717, 1.165) is 17.1 Å². The Morgan fingerprint density at radius 2 is 1.72 bits per heavy atom. The number of benzene rings is 2. The number of carbonyl (C=O) groups excluding carboxylic acids is 1. The van der Waals surface area contributed by atoms with Gasteiger partial charge in [-0.15, -0.1) is 11.3 Å². The Labute approximate surface area is 188 Å². The Hall–Kier alpha value is -3.64. The van der Waals surface area contributed by atoms with Crippen LogP contribution in [0.4, 0.5) is 11.4 Å². The number of thiophene rings is 1. The highest BCUT2D eigenvalue weighted by Crippen LogP contribution is 2.44.